The molecule has 0 bridgehead atoms. The SMILES string of the molecule is CCN1CCN(C(C#N)c2cccnc2)C(C)C1. The van der Waals surface area contributed by atoms with Gasteiger partial charge in [0, 0.05) is 43.6 Å². The van der Waals surface area contributed by atoms with Gasteiger partial charge in [-0.1, -0.05) is 13.0 Å². The van der Waals surface area contributed by atoms with E-state index in [2.05, 4.69) is 34.7 Å². The first kappa shape index (κ1) is 13.0. The topological polar surface area (TPSA) is 43.2 Å². The van der Waals surface area contributed by atoms with Crippen molar-refractivity contribution in [2.24, 2.45) is 0 Å². The van der Waals surface area contributed by atoms with Crippen molar-refractivity contribution in [2.75, 3.05) is 26.2 Å². The fourth-order valence-corrected chi connectivity index (χ4v) is 2.60. The van der Waals surface area contributed by atoms with E-state index in [-0.39, 0.29) is 6.04 Å². The van der Waals surface area contributed by atoms with Gasteiger partial charge in [0.15, 0.2) is 0 Å². The molecule has 2 unspecified atom stereocenters. The van der Waals surface area contributed by atoms with Crippen molar-refractivity contribution in [1.82, 2.24) is 14.8 Å². The number of pyridine rings is 1. The van der Waals surface area contributed by atoms with E-state index in [4.69, 9.17) is 0 Å². The lowest BCUT2D eigenvalue weighted by molar-refractivity contribution is 0.0682. The van der Waals surface area contributed by atoms with E-state index in [1.54, 1.807) is 12.4 Å². The predicted octanol–water partition coefficient (Wildman–Crippen LogP) is 1.67. The maximum absolute atomic E-state index is 9.44. The molecule has 0 radical (unpaired) electrons. The minimum atomic E-state index is -0.173. The number of piperazine rings is 1. The third-order valence-electron chi connectivity index (χ3n) is 3.66. The molecule has 0 aromatic carbocycles. The van der Waals surface area contributed by atoms with E-state index in [9.17, 15) is 5.26 Å². The molecule has 2 atom stereocenters. The summed E-state index contributed by atoms with van der Waals surface area (Å²) >= 11 is 0. The van der Waals surface area contributed by atoms with Crippen molar-refractivity contribution < 1.29 is 0 Å². The third kappa shape index (κ3) is 2.69. The molecule has 1 saturated heterocycles. The van der Waals surface area contributed by atoms with Gasteiger partial charge in [-0.2, -0.15) is 5.26 Å². The number of hydrogen-bond donors (Lipinski definition) is 0. The van der Waals surface area contributed by atoms with Crippen LogP contribution in [0.25, 0.3) is 0 Å². The van der Waals surface area contributed by atoms with Crippen LogP contribution in [0.3, 0.4) is 0 Å². The fourth-order valence-electron chi connectivity index (χ4n) is 2.60. The Kier molecular flexibility index (Phi) is 4.29. The van der Waals surface area contributed by atoms with Crippen LogP contribution in [0.1, 0.15) is 25.5 Å². The van der Waals surface area contributed by atoms with E-state index >= 15 is 0 Å². The molecule has 0 saturated carbocycles. The first-order valence-electron chi connectivity index (χ1n) is 6.54. The van der Waals surface area contributed by atoms with Gasteiger partial charge in [0.1, 0.15) is 6.04 Å². The Morgan fingerprint density at radius 1 is 1.56 bits per heavy atom. The van der Waals surface area contributed by atoms with Crippen molar-refractivity contribution in [3.8, 4) is 6.07 Å². The van der Waals surface area contributed by atoms with Crippen LogP contribution in [0.15, 0.2) is 24.5 Å². The number of hydrogen-bond acceptors (Lipinski definition) is 4. The molecule has 2 rings (SSSR count). The third-order valence-corrected chi connectivity index (χ3v) is 3.66. The molecule has 0 N–H and O–H groups in total. The summed E-state index contributed by atoms with van der Waals surface area (Å²) in [5.41, 5.74) is 0.997. The standard InChI is InChI=1S/C14H20N4/c1-3-17-7-8-18(12(2)11-17)14(9-15)13-5-4-6-16-10-13/h4-6,10,12,14H,3,7-8,11H2,1-2H3. The van der Waals surface area contributed by atoms with Crippen LogP contribution in [0.5, 0.6) is 0 Å². The van der Waals surface area contributed by atoms with Gasteiger partial charge in [0.05, 0.1) is 6.07 Å². The molecule has 0 amide bonds. The monoisotopic (exact) mass is 244 g/mol. The van der Waals surface area contributed by atoms with E-state index in [1.165, 1.54) is 0 Å². The summed E-state index contributed by atoms with van der Waals surface area (Å²) in [5.74, 6) is 0. The highest BCUT2D eigenvalue weighted by molar-refractivity contribution is 5.21. The quantitative estimate of drug-likeness (QED) is 0.811. The predicted molar refractivity (Wildman–Crippen MR) is 70.9 cm³/mol. The van der Waals surface area contributed by atoms with E-state index < -0.39 is 0 Å². The molecular weight excluding hydrogens is 224 g/mol. The highest BCUT2D eigenvalue weighted by Gasteiger charge is 2.29. The van der Waals surface area contributed by atoms with Crippen molar-refractivity contribution in [3.63, 3.8) is 0 Å². The molecule has 18 heavy (non-hydrogen) atoms. The molecule has 4 nitrogen and oxygen atoms in total. The Labute approximate surface area is 109 Å². The lowest BCUT2D eigenvalue weighted by Crippen LogP contribution is -2.52. The molecule has 1 fully saturated rings. The zero-order valence-corrected chi connectivity index (χ0v) is 11.1. The second-order valence-electron chi connectivity index (χ2n) is 4.80. The van der Waals surface area contributed by atoms with Crippen LogP contribution in [0.2, 0.25) is 0 Å². The van der Waals surface area contributed by atoms with Gasteiger partial charge >= 0.3 is 0 Å². The van der Waals surface area contributed by atoms with Gasteiger partial charge in [0.25, 0.3) is 0 Å². The Morgan fingerprint density at radius 2 is 2.39 bits per heavy atom. The molecular formula is C14H20N4. The van der Waals surface area contributed by atoms with Gasteiger partial charge in [-0.15, -0.1) is 0 Å². The van der Waals surface area contributed by atoms with Crippen LogP contribution < -0.4 is 0 Å². The van der Waals surface area contributed by atoms with Crippen LogP contribution in [-0.2, 0) is 0 Å². The van der Waals surface area contributed by atoms with Gasteiger partial charge in [0.2, 0.25) is 0 Å². The first-order chi connectivity index (χ1) is 8.76. The van der Waals surface area contributed by atoms with Crippen molar-refractivity contribution >= 4 is 0 Å². The molecule has 96 valence electrons. The normalized spacial score (nSPS) is 23.5. The van der Waals surface area contributed by atoms with Crippen molar-refractivity contribution in [1.29, 1.82) is 5.26 Å². The van der Waals surface area contributed by atoms with Crippen molar-refractivity contribution in [3.05, 3.63) is 30.1 Å². The van der Waals surface area contributed by atoms with E-state index in [0.29, 0.717) is 6.04 Å². The Morgan fingerprint density at radius 3 is 2.94 bits per heavy atom. The second kappa shape index (κ2) is 5.94. The Balaban J connectivity index is 2.13. The van der Waals surface area contributed by atoms with Crippen LogP contribution in [-0.4, -0.2) is 47.0 Å². The summed E-state index contributed by atoms with van der Waals surface area (Å²) in [5, 5.41) is 9.44. The minimum absolute atomic E-state index is 0.173. The molecule has 1 aromatic rings. The number of nitrogens with zero attached hydrogens (tertiary/aromatic N) is 4. The minimum Gasteiger partial charge on any atom is -0.301 e. The lowest BCUT2D eigenvalue weighted by atomic mass is 10.0. The molecule has 1 aromatic heterocycles. The average molecular weight is 244 g/mol. The zero-order chi connectivity index (χ0) is 13.0. The van der Waals surface area contributed by atoms with Gasteiger partial charge in [-0.25, -0.2) is 0 Å². The lowest BCUT2D eigenvalue weighted by Gasteiger charge is -2.41. The largest absolute Gasteiger partial charge is 0.301 e. The Bertz CT molecular complexity index is 412. The molecule has 1 aliphatic heterocycles. The number of rotatable bonds is 3. The maximum atomic E-state index is 9.44. The molecule has 2 heterocycles. The van der Waals surface area contributed by atoms with Crippen LogP contribution in [0.4, 0.5) is 0 Å². The number of aromatic nitrogens is 1. The van der Waals surface area contributed by atoms with Gasteiger partial charge in [-0.3, -0.25) is 9.88 Å². The zero-order valence-electron chi connectivity index (χ0n) is 11.1. The summed E-state index contributed by atoms with van der Waals surface area (Å²) in [6.07, 6.45) is 3.54. The van der Waals surface area contributed by atoms with Gasteiger partial charge < -0.3 is 4.90 Å². The summed E-state index contributed by atoms with van der Waals surface area (Å²) in [6, 6.07) is 6.53. The highest BCUT2D eigenvalue weighted by Crippen LogP contribution is 2.24. The molecule has 4 heteroatoms. The summed E-state index contributed by atoms with van der Waals surface area (Å²) in [6.45, 7) is 8.49. The summed E-state index contributed by atoms with van der Waals surface area (Å²) < 4.78 is 0. The molecule has 1 aliphatic rings. The smallest absolute Gasteiger partial charge is 0.125 e. The fraction of sp³-hybridized carbons (Fsp3) is 0.571. The second-order valence-corrected chi connectivity index (χ2v) is 4.80. The van der Waals surface area contributed by atoms with Crippen LogP contribution >= 0.6 is 0 Å². The van der Waals surface area contributed by atoms with Crippen molar-refractivity contribution in [2.45, 2.75) is 25.9 Å². The number of nitriles is 1. The first-order valence-corrected chi connectivity index (χ1v) is 6.54. The number of likely N-dealkylation sites (N-methyl/N-ethyl adjacent to an activating group) is 1. The summed E-state index contributed by atoms with van der Waals surface area (Å²) in [4.78, 5) is 8.83. The van der Waals surface area contributed by atoms with E-state index in [0.717, 1.165) is 31.7 Å². The molecule has 0 aliphatic carbocycles. The maximum Gasteiger partial charge on any atom is 0.125 e. The average Bonchev–Trinajstić information content (AvgIpc) is 2.42. The van der Waals surface area contributed by atoms with Gasteiger partial charge in [-0.05, 0) is 19.5 Å². The van der Waals surface area contributed by atoms with Crippen LogP contribution in [0, 0.1) is 11.3 Å². The Hall–Kier alpha value is -1.44. The summed E-state index contributed by atoms with van der Waals surface area (Å²) in [7, 11) is 0. The van der Waals surface area contributed by atoms with E-state index in [1.807, 2.05) is 12.1 Å². The molecule has 0 spiro atoms. The highest BCUT2D eigenvalue weighted by atomic mass is 15.3.